The van der Waals surface area contributed by atoms with Crippen LogP contribution in [0.15, 0.2) is 60.9 Å². The van der Waals surface area contributed by atoms with E-state index in [0.29, 0.717) is 22.7 Å². The fourth-order valence-electron chi connectivity index (χ4n) is 3.13. The van der Waals surface area contributed by atoms with Crippen molar-refractivity contribution in [1.29, 1.82) is 0 Å². The molecule has 136 valence electrons. The van der Waals surface area contributed by atoms with Gasteiger partial charge in [0.1, 0.15) is 0 Å². The molecule has 2 aromatic carbocycles. The molecule has 27 heavy (non-hydrogen) atoms. The van der Waals surface area contributed by atoms with Crippen molar-refractivity contribution in [3.8, 4) is 5.69 Å². The minimum absolute atomic E-state index is 0.120. The average molecular weight is 381 g/mol. The highest BCUT2D eigenvalue weighted by Gasteiger charge is 2.21. The zero-order valence-electron chi connectivity index (χ0n) is 14.4. The molecular formula is C20H17ClN4O2. The molecule has 0 saturated carbocycles. The molecule has 1 aliphatic heterocycles. The molecule has 1 N–H and O–H groups in total. The molecule has 0 unspecified atom stereocenters. The number of aromatic nitrogens is 2. The first-order chi connectivity index (χ1) is 13.1. The molecule has 0 spiro atoms. The predicted octanol–water partition coefficient (Wildman–Crippen LogP) is 3.90. The number of rotatable bonds is 4. The Balaban J connectivity index is 1.56. The lowest BCUT2D eigenvalue weighted by Gasteiger charge is -2.16. The number of nitrogens with zero attached hydrogens (tertiary/aromatic N) is 3. The predicted molar refractivity (Wildman–Crippen MR) is 105 cm³/mol. The fraction of sp³-hybridized carbons (Fsp3) is 0.150. The van der Waals surface area contributed by atoms with Gasteiger partial charge in [0.05, 0.1) is 11.4 Å². The summed E-state index contributed by atoms with van der Waals surface area (Å²) < 4.78 is 1.66. The first kappa shape index (κ1) is 17.3. The Morgan fingerprint density at radius 2 is 1.96 bits per heavy atom. The zero-order chi connectivity index (χ0) is 18.8. The van der Waals surface area contributed by atoms with Crippen molar-refractivity contribution in [2.75, 3.05) is 16.8 Å². The Labute approximate surface area is 161 Å². The highest BCUT2D eigenvalue weighted by Crippen LogP contribution is 2.26. The Hall–Kier alpha value is -3.12. The second kappa shape index (κ2) is 7.25. The smallest absolute Gasteiger partial charge is 0.255 e. The molecule has 1 aliphatic rings. The fourth-order valence-corrected chi connectivity index (χ4v) is 3.30. The van der Waals surface area contributed by atoms with E-state index in [1.807, 2.05) is 0 Å². The number of carbonyl (C=O) groups excluding carboxylic acids is 2. The molecule has 0 radical (unpaired) electrons. The highest BCUT2D eigenvalue weighted by molar-refractivity contribution is 6.31. The monoisotopic (exact) mass is 380 g/mol. The Bertz CT molecular complexity index is 984. The molecule has 0 atom stereocenters. The maximum Gasteiger partial charge on any atom is 0.255 e. The highest BCUT2D eigenvalue weighted by atomic mass is 35.5. The van der Waals surface area contributed by atoms with Crippen LogP contribution in [0.5, 0.6) is 0 Å². The summed E-state index contributed by atoms with van der Waals surface area (Å²) >= 11 is 6.10. The van der Waals surface area contributed by atoms with E-state index in [9.17, 15) is 9.59 Å². The number of benzene rings is 2. The number of halogens is 1. The van der Waals surface area contributed by atoms with Gasteiger partial charge in [0, 0.05) is 41.6 Å². The van der Waals surface area contributed by atoms with Gasteiger partial charge in [-0.1, -0.05) is 11.6 Å². The van der Waals surface area contributed by atoms with Crippen LogP contribution in [-0.2, 0) is 4.79 Å². The number of anilines is 2. The van der Waals surface area contributed by atoms with Crippen molar-refractivity contribution < 1.29 is 9.59 Å². The first-order valence-corrected chi connectivity index (χ1v) is 9.01. The van der Waals surface area contributed by atoms with Gasteiger partial charge in [-0.25, -0.2) is 4.68 Å². The van der Waals surface area contributed by atoms with E-state index >= 15 is 0 Å². The summed E-state index contributed by atoms with van der Waals surface area (Å²) in [5.74, 6) is -0.139. The third-order valence-corrected chi connectivity index (χ3v) is 4.71. The van der Waals surface area contributed by atoms with Crippen LogP contribution in [0, 0.1) is 0 Å². The third kappa shape index (κ3) is 3.57. The van der Waals surface area contributed by atoms with Crippen molar-refractivity contribution in [2.24, 2.45) is 0 Å². The lowest BCUT2D eigenvalue weighted by Crippen LogP contribution is -2.23. The molecule has 6 nitrogen and oxygen atoms in total. The summed E-state index contributed by atoms with van der Waals surface area (Å²) in [6, 6.07) is 14.1. The van der Waals surface area contributed by atoms with E-state index in [1.54, 1.807) is 70.5 Å². The van der Waals surface area contributed by atoms with Crippen LogP contribution in [0.3, 0.4) is 0 Å². The molecule has 3 aromatic rings. The summed E-state index contributed by atoms with van der Waals surface area (Å²) in [4.78, 5) is 26.3. The maximum atomic E-state index is 12.7. The number of carbonyl (C=O) groups is 2. The van der Waals surface area contributed by atoms with Crippen LogP contribution >= 0.6 is 11.6 Å². The standard InChI is InChI=1S/C20H17ClN4O2/c21-15-6-9-18(25-12-2-10-22-25)17(13-15)23-20(27)14-4-7-16(8-5-14)24-11-1-3-19(24)26/h2,4-10,12-13H,1,3,11H2,(H,23,27). The van der Waals surface area contributed by atoms with E-state index in [4.69, 9.17) is 11.6 Å². The van der Waals surface area contributed by atoms with Gasteiger partial charge in [0.25, 0.3) is 5.91 Å². The van der Waals surface area contributed by atoms with Gasteiger partial charge in [-0.3, -0.25) is 9.59 Å². The molecule has 0 bridgehead atoms. The maximum absolute atomic E-state index is 12.7. The SMILES string of the molecule is O=C(Nc1cc(Cl)ccc1-n1cccn1)c1ccc(N2CCCC2=O)cc1. The molecule has 4 rings (SSSR count). The minimum atomic E-state index is -0.259. The summed E-state index contributed by atoms with van der Waals surface area (Å²) in [6.45, 7) is 0.722. The van der Waals surface area contributed by atoms with E-state index in [-0.39, 0.29) is 11.8 Å². The third-order valence-electron chi connectivity index (χ3n) is 4.47. The van der Waals surface area contributed by atoms with Crippen LogP contribution in [0.2, 0.25) is 5.02 Å². The normalized spacial score (nSPS) is 13.8. The summed E-state index contributed by atoms with van der Waals surface area (Å²) in [5.41, 5.74) is 2.60. The van der Waals surface area contributed by atoms with Gasteiger partial charge in [-0.15, -0.1) is 0 Å². The van der Waals surface area contributed by atoms with Crippen LogP contribution in [0.4, 0.5) is 11.4 Å². The van der Waals surface area contributed by atoms with E-state index in [0.717, 1.165) is 24.3 Å². The Kier molecular flexibility index (Phi) is 4.64. The van der Waals surface area contributed by atoms with Crippen LogP contribution in [-0.4, -0.2) is 28.1 Å². The van der Waals surface area contributed by atoms with E-state index in [1.165, 1.54) is 0 Å². The largest absolute Gasteiger partial charge is 0.320 e. The van der Waals surface area contributed by atoms with Gasteiger partial charge >= 0.3 is 0 Å². The zero-order valence-corrected chi connectivity index (χ0v) is 15.2. The van der Waals surface area contributed by atoms with Crippen molar-refractivity contribution in [3.63, 3.8) is 0 Å². The second-order valence-corrected chi connectivity index (χ2v) is 6.70. The Morgan fingerprint density at radius 3 is 2.63 bits per heavy atom. The molecule has 2 amide bonds. The molecule has 7 heteroatoms. The molecule has 1 aromatic heterocycles. The van der Waals surface area contributed by atoms with Gasteiger partial charge < -0.3 is 10.2 Å². The lowest BCUT2D eigenvalue weighted by atomic mass is 10.1. The van der Waals surface area contributed by atoms with Crippen molar-refractivity contribution in [3.05, 3.63) is 71.5 Å². The Morgan fingerprint density at radius 1 is 1.15 bits per heavy atom. The van der Waals surface area contributed by atoms with Crippen molar-refractivity contribution >= 4 is 34.8 Å². The number of nitrogens with one attached hydrogen (secondary N) is 1. The molecule has 1 fully saturated rings. The second-order valence-electron chi connectivity index (χ2n) is 6.26. The number of amides is 2. The van der Waals surface area contributed by atoms with E-state index < -0.39 is 0 Å². The van der Waals surface area contributed by atoms with E-state index in [2.05, 4.69) is 10.4 Å². The molecular weight excluding hydrogens is 364 g/mol. The van der Waals surface area contributed by atoms with Crippen LogP contribution in [0.25, 0.3) is 5.69 Å². The quantitative estimate of drug-likeness (QED) is 0.746. The number of hydrogen-bond donors (Lipinski definition) is 1. The van der Waals surface area contributed by atoms with Crippen LogP contribution < -0.4 is 10.2 Å². The lowest BCUT2D eigenvalue weighted by molar-refractivity contribution is -0.117. The molecule has 2 heterocycles. The topological polar surface area (TPSA) is 67.2 Å². The van der Waals surface area contributed by atoms with Gasteiger partial charge in [-0.05, 0) is 55.0 Å². The van der Waals surface area contributed by atoms with Gasteiger partial charge in [0.15, 0.2) is 0 Å². The first-order valence-electron chi connectivity index (χ1n) is 8.63. The number of hydrogen-bond acceptors (Lipinski definition) is 3. The summed E-state index contributed by atoms with van der Waals surface area (Å²) in [6.07, 6.45) is 4.90. The van der Waals surface area contributed by atoms with Crippen molar-refractivity contribution in [2.45, 2.75) is 12.8 Å². The van der Waals surface area contributed by atoms with Crippen molar-refractivity contribution in [1.82, 2.24) is 9.78 Å². The van der Waals surface area contributed by atoms with Crippen LogP contribution in [0.1, 0.15) is 23.2 Å². The average Bonchev–Trinajstić information content (AvgIpc) is 3.34. The van der Waals surface area contributed by atoms with Gasteiger partial charge in [-0.2, -0.15) is 5.10 Å². The summed E-state index contributed by atoms with van der Waals surface area (Å²) in [5, 5.41) is 7.61. The summed E-state index contributed by atoms with van der Waals surface area (Å²) in [7, 11) is 0. The molecule has 1 saturated heterocycles. The minimum Gasteiger partial charge on any atom is -0.320 e. The van der Waals surface area contributed by atoms with Gasteiger partial charge in [0.2, 0.25) is 5.91 Å². The molecule has 0 aliphatic carbocycles.